The van der Waals surface area contributed by atoms with Gasteiger partial charge in [0, 0.05) is 23.0 Å². The summed E-state index contributed by atoms with van der Waals surface area (Å²) >= 11 is 12.5. The molecule has 0 radical (unpaired) electrons. The summed E-state index contributed by atoms with van der Waals surface area (Å²) in [7, 11) is 0. The minimum atomic E-state index is -0.790. The van der Waals surface area contributed by atoms with E-state index in [2.05, 4.69) is 5.32 Å². The van der Waals surface area contributed by atoms with Crippen LogP contribution >= 0.6 is 23.2 Å². The summed E-state index contributed by atoms with van der Waals surface area (Å²) in [4.78, 5) is 24.6. The lowest BCUT2D eigenvalue weighted by Gasteiger charge is -2.37. The Morgan fingerprint density at radius 3 is 2.45 bits per heavy atom. The van der Waals surface area contributed by atoms with Gasteiger partial charge < -0.3 is 10.1 Å². The molecular weight excluding hydrogens is 411 g/mol. The van der Waals surface area contributed by atoms with Crippen molar-refractivity contribution in [1.82, 2.24) is 0 Å². The smallest absolute Gasteiger partial charge is 0.308 e. The zero-order chi connectivity index (χ0) is 21.0. The molecule has 1 amide bonds. The number of carbonyl (C=O) groups excluding carboxylic acids is 2. The van der Waals surface area contributed by atoms with Gasteiger partial charge in [-0.3, -0.25) is 9.59 Å². The van der Waals surface area contributed by atoms with E-state index in [1.54, 1.807) is 24.3 Å². The normalized spacial score (nSPS) is 15.2. The first-order valence-corrected chi connectivity index (χ1v) is 10.1. The Hall–Kier alpha value is -2.55. The second-order valence-electron chi connectivity index (χ2n) is 7.13. The maximum absolute atomic E-state index is 13.5. The van der Waals surface area contributed by atoms with Crippen molar-refractivity contribution >= 4 is 40.8 Å². The third-order valence-corrected chi connectivity index (χ3v) is 5.76. The van der Waals surface area contributed by atoms with Gasteiger partial charge in [0.2, 0.25) is 5.91 Å². The van der Waals surface area contributed by atoms with Crippen LogP contribution in [0.4, 0.5) is 5.69 Å². The summed E-state index contributed by atoms with van der Waals surface area (Å²) in [6.45, 7) is 1.28. The molecule has 1 fully saturated rings. The lowest BCUT2D eigenvalue weighted by atomic mass is 9.68. The van der Waals surface area contributed by atoms with Crippen LogP contribution in [-0.2, 0) is 15.0 Å². The minimum absolute atomic E-state index is 0.210. The second kappa shape index (κ2) is 8.86. The maximum Gasteiger partial charge on any atom is 0.308 e. The second-order valence-corrected chi connectivity index (χ2v) is 7.98. The van der Waals surface area contributed by atoms with Crippen LogP contribution < -0.4 is 10.1 Å². The molecule has 5 nitrogen and oxygen atoms in total. The quantitative estimate of drug-likeness (QED) is 0.503. The molecule has 0 heterocycles. The zero-order valence-electron chi connectivity index (χ0n) is 15.9. The van der Waals surface area contributed by atoms with E-state index in [-0.39, 0.29) is 17.2 Å². The molecule has 7 heteroatoms. The highest BCUT2D eigenvalue weighted by Gasteiger charge is 2.42. The first-order valence-electron chi connectivity index (χ1n) is 9.35. The topological polar surface area (TPSA) is 79.2 Å². The van der Waals surface area contributed by atoms with Gasteiger partial charge in [-0.1, -0.05) is 48.5 Å². The van der Waals surface area contributed by atoms with Crippen molar-refractivity contribution in [2.75, 3.05) is 5.32 Å². The van der Waals surface area contributed by atoms with E-state index >= 15 is 0 Å². The fourth-order valence-corrected chi connectivity index (χ4v) is 4.44. The Morgan fingerprint density at radius 2 is 1.83 bits per heavy atom. The van der Waals surface area contributed by atoms with Gasteiger partial charge in [-0.15, -0.1) is 0 Å². The lowest BCUT2D eigenvalue weighted by Crippen LogP contribution is -2.42. The van der Waals surface area contributed by atoms with Crippen LogP contribution in [0.5, 0.6) is 5.75 Å². The average Bonchev–Trinajstić information content (AvgIpc) is 2.69. The van der Waals surface area contributed by atoms with E-state index in [1.807, 2.05) is 12.1 Å². The van der Waals surface area contributed by atoms with Crippen molar-refractivity contribution in [3.05, 3.63) is 57.6 Å². The predicted molar refractivity (Wildman–Crippen MR) is 112 cm³/mol. The monoisotopic (exact) mass is 430 g/mol. The van der Waals surface area contributed by atoms with Crippen LogP contribution in [0.1, 0.15) is 50.2 Å². The largest absolute Gasteiger partial charge is 0.427 e. The van der Waals surface area contributed by atoms with Crippen molar-refractivity contribution in [3.8, 4) is 11.8 Å². The van der Waals surface area contributed by atoms with Gasteiger partial charge in [-0.2, -0.15) is 5.26 Å². The number of ether oxygens (including phenoxy) is 1. The van der Waals surface area contributed by atoms with Crippen LogP contribution in [0.15, 0.2) is 36.4 Å². The Labute approximate surface area is 179 Å². The molecule has 0 unspecified atom stereocenters. The molecule has 2 aromatic rings. The summed E-state index contributed by atoms with van der Waals surface area (Å²) in [5.41, 5.74) is 0.533. The molecule has 1 aliphatic carbocycles. The molecule has 0 aromatic heterocycles. The lowest BCUT2D eigenvalue weighted by molar-refractivity contribution is -0.131. The summed E-state index contributed by atoms with van der Waals surface area (Å²) in [6.07, 6.45) is 4.19. The van der Waals surface area contributed by atoms with E-state index in [1.165, 1.54) is 13.0 Å². The number of rotatable bonds is 4. The Balaban J connectivity index is 1.96. The number of anilines is 1. The molecule has 0 bridgehead atoms. The zero-order valence-corrected chi connectivity index (χ0v) is 17.4. The van der Waals surface area contributed by atoms with Gasteiger partial charge in [0.25, 0.3) is 0 Å². The highest BCUT2D eigenvalue weighted by Crippen LogP contribution is 2.44. The van der Waals surface area contributed by atoms with Crippen LogP contribution in [0.2, 0.25) is 10.0 Å². The summed E-state index contributed by atoms with van der Waals surface area (Å²) < 4.78 is 5.02. The van der Waals surface area contributed by atoms with E-state index in [0.717, 1.165) is 24.8 Å². The van der Waals surface area contributed by atoms with Gasteiger partial charge in [-0.25, -0.2) is 0 Å². The predicted octanol–water partition coefficient (Wildman–Crippen LogP) is 5.63. The van der Waals surface area contributed by atoms with E-state index in [9.17, 15) is 14.9 Å². The number of hydrogen-bond donors (Lipinski definition) is 1. The van der Waals surface area contributed by atoms with Crippen molar-refractivity contribution in [3.63, 3.8) is 0 Å². The summed E-state index contributed by atoms with van der Waals surface area (Å²) in [6, 6.07) is 11.8. The molecular formula is C22H20Cl2N2O3. The number of esters is 1. The number of benzene rings is 2. The SMILES string of the molecule is CC(=O)Oc1ccc(NC(=O)C2(c3ccc(Cl)cc3Cl)CCCCC2)c(C#N)c1. The van der Waals surface area contributed by atoms with E-state index < -0.39 is 11.4 Å². The molecule has 29 heavy (non-hydrogen) atoms. The first-order chi connectivity index (χ1) is 13.9. The Kier molecular flexibility index (Phi) is 6.46. The standard InChI is InChI=1S/C22H20Cl2N2O3/c1-14(27)29-17-6-8-20(15(11-17)13-25)26-21(28)22(9-3-2-4-10-22)18-7-5-16(23)12-19(18)24/h5-8,11-12H,2-4,9-10H2,1H3,(H,26,28). The molecule has 150 valence electrons. The van der Waals surface area contributed by atoms with Gasteiger partial charge in [0.1, 0.15) is 11.8 Å². The van der Waals surface area contributed by atoms with E-state index in [4.69, 9.17) is 27.9 Å². The van der Waals surface area contributed by atoms with Crippen molar-refractivity contribution in [2.24, 2.45) is 0 Å². The highest BCUT2D eigenvalue weighted by molar-refractivity contribution is 6.35. The van der Waals surface area contributed by atoms with Gasteiger partial charge >= 0.3 is 5.97 Å². The third-order valence-electron chi connectivity index (χ3n) is 5.21. The summed E-state index contributed by atoms with van der Waals surface area (Å²) in [5.74, 6) is -0.442. The average molecular weight is 431 g/mol. The first kappa shape index (κ1) is 21.2. The number of hydrogen-bond acceptors (Lipinski definition) is 4. The number of nitrogens with zero attached hydrogens (tertiary/aromatic N) is 1. The molecule has 0 atom stereocenters. The fraction of sp³-hybridized carbons (Fsp3) is 0.318. The van der Waals surface area contributed by atoms with Crippen LogP contribution in [0.25, 0.3) is 0 Å². The number of nitrogens with one attached hydrogen (secondary N) is 1. The molecule has 2 aromatic carbocycles. The maximum atomic E-state index is 13.5. The van der Waals surface area contributed by atoms with E-state index in [0.29, 0.717) is 28.6 Å². The third kappa shape index (κ3) is 4.55. The van der Waals surface area contributed by atoms with Crippen LogP contribution in [0.3, 0.4) is 0 Å². The van der Waals surface area contributed by atoms with Crippen molar-refractivity contribution in [2.45, 2.75) is 44.4 Å². The molecule has 1 N–H and O–H groups in total. The molecule has 3 rings (SSSR count). The highest BCUT2D eigenvalue weighted by atomic mass is 35.5. The molecule has 0 saturated heterocycles. The van der Waals surface area contributed by atoms with Crippen molar-refractivity contribution in [1.29, 1.82) is 5.26 Å². The summed E-state index contributed by atoms with van der Waals surface area (Å²) in [5, 5.41) is 13.3. The number of carbonyl (C=O) groups is 2. The Morgan fingerprint density at radius 1 is 1.10 bits per heavy atom. The van der Waals surface area contributed by atoms with Crippen LogP contribution in [-0.4, -0.2) is 11.9 Å². The molecule has 0 aliphatic heterocycles. The number of amides is 1. The van der Waals surface area contributed by atoms with Gasteiger partial charge in [0.05, 0.1) is 16.7 Å². The van der Waals surface area contributed by atoms with Gasteiger partial charge in [0.15, 0.2) is 0 Å². The molecule has 1 saturated carbocycles. The number of halogens is 2. The van der Waals surface area contributed by atoms with Crippen molar-refractivity contribution < 1.29 is 14.3 Å². The number of nitriles is 1. The van der Waals surface area contributed by atoms with Gasteiger partial charge in [-0.05, 0) is 42.7 Å². The molecule has 1 aliphatic rings. The Bertz CT molecular complexity index is 992. The molecule has 0 spiro atoms. The minimum Gasteiger partial charge on any atom is -0.427 e. The van der Waals surface area contributed by atoms with Crippen LogP contribution in [0, 0.1) is 11.3 Å². The fourth-order valence-electron chi connectivity index (χ4n) is 3.85.